The van der Waals surface area contributed by atoms with Crippen molar-refractivity contribution in [2.24, 2.45) is 4.99 Å². The van der Waals surface area contributed by atoms with Gasteiger partial charge in [0.2, 0.25) is 0 Å². The molecule has 12 nitrogen and oxygen atoms in total. The highest BCUT2D eigenvalue weighted by molar-refractivity contribution is 9.10. The average Bonchev–Trinajstić information content (AvgIpc) is 3.26. The fourth-order valence-electron chi connectivity index (χ4n) is 4.71. The molecule has 1 aliphatic rings. The summed E-state index contributed by atoms with van der Waals surface area (Å²) in [5, 5.41) is 11.9. The predicted octanol–water partition coefficient (Wildman–Crippen LogP) is 4.02. The van der Waals surface area contributed by atoms with Crippen LogP contribution in [0.3, 0.4) is 0 Å². The maximum atomic E-state index is 14.2. The highest BCUT2D eigenvalue weighted by Gasteiger charge is 2.35. The van der Waals surface area contributed by atoms with Gasteiger partial charge in [-0.15, -0.1) is 0 Å². The molecule has 226 valence electrons. The van der Waals surface area contributed by atoms with Crippen LogP contribution in [0.25, 0.3) is 6.08 Å². The van der Waals surface area contributed by atoms with Crippen LogP contribution in [0.4, 0.5) is 5.69 Å². The van der Waals surface area contributed by atoms with Crippen LogP contribution >= 0.6 is 39.0 Å². The van der Waals surface area contributed by atoms with E-state index in [0.717, 1.165) is 23.1 Å². The first kappa shape index (κ1) is 31.1. The lowest BCUT2D eigenvalue weighted by atomic mass is 9.95. The summed E-state index contributed by atoms with van der Waals surface area (Å²) in [5.74, 6) is -0.173. The fraction of sp³-hybridized carbons (Fsp3) is 0.207. The monoisotopic (exact) mass is 697 g/mol. The van der Waals surface area contributed by atoms with Crippen molar-refractivity contribution in [1.82, 2.24) is 14.5 Å². The highest BCUT2D eigenvalue weighted by Crippen LogP contribution is 2.37. The van der Waals surface area contributed by atoms with E-state index in [4.69, 9.17) is 9.47 Å². The van der Waals surface area contributed by atoms with Gasteiger partial charge in [0.05, 0.1) is 34.4 Å². The van der Waals surface area contributed by atoms with E-state index in [1.165, 1.54) is 42.0 Å². The number of nitro groups is 1. The molecule has 0 bridgehead atoms. The maximum Gasteiger partial charge on any atom is 0.338 e. The van der Waals surface area contributed by atoms with Crippen LogP contribution in [-0.4, -0.2) is 39.1 Å². The number of carbonyl (C=O) groups excluding carboxylic acids is 1. The predicted molar refractivity (Wildman–Crippen MR) is 168 cm³/mol. The van der Waals surface area contributed by atoms with Gasteiger partial charge in [-0.1, -0.05) is 39.0 Å². The zero-order chi connectivity index (χ0) is 31.7. The van der Waals surface area contributed by atoms with Crippen LogP contribution in [0.5, 0.6) is 5.75 Å². The van der Waals surface area contributed by atoms with Crippen LogP contribution in [0.1, 0.15) is 36.7 Å². The number of aromatic amines is 1. The number of nitrogens with zero attached hydrogens (tertiary/aromatic N) is 4. The van der Waals surface area contributed by atoms with Crippen LogP contribution < -0.4 is 25.2 Å². The minimum Gasteiger partial charge on any atom is -0.496 e. The molecule has 3 heterocycles. The van der Waals surface area contributed by atoms with Crippen molar-refractivity contribution >= 4 is 56.8 Å². The summed E-state index contributed by atoms with van der Waals surface area (Å²) in [5.41, 5.74) is 0.962. The number of carbonyl (C=O) groups is 1. The molecular formula is C29H24BrN5O7S2. The van der Waals surface area contributed by atoms with Crippen LogP contribution in [0.2, 0.25) is 0 Å². The molecule has 0 saturated heterocycles. The van der Waals surface area contributed by atoms with Crippen molar-refractivity contribution in [2.75, 3.05) is 13.7 Å². The SMILES string of the molecule is CCOC(=O)C1=C(C)N=c2s/c(=C\c3cc([N+](=O)[O-])ccc3Sc3nc(C)cc(=O)[nH]3)c(=O)n2[C@@H]1c1cc(Br)ccc1OC. The van der Waals surface area contributed by atoms with Gasteiger partial charge in [0, 0.05) is 38.8 Å². The van der Waals surface area contributed by atoms with Crippen LogP contribution in [0, 0.1) is 17.0 Å². The van der Waals surface area contributed by atoms with Gasteiger partial charge in [0.1, 0.15) is 11.8 Å². The molecule has 1 N–H and O–H groups in total. The summed E-state index contributed by atoms with van der Waals surface area (Å²) in [4.78, 5) is 63.0. The Morgan fingerprint density at radius 2 is 2.00 bits per heavy atom. The van der Waals surface area contributed by atoms with Crippen LogP contribution in [-0.2, 0) is 9.53 Å². The van der Waals surface area contributed by atoms with E-state index in [1.807, 2.05) is 0 Å². The third kappa shape index (κ3) is 6.16. The number of methoxy groups -OCH3 is 1. The molecule has 2 aromatic carbocycles. The number of aryl methyl sites for hydroxylation is 1. The van der Waals surface area contributed by atoms with Gasteiger partial charge in [-0.3, -0.25) is 24.3 Å². The maximum absolute atomic E-state index is 14.2. The standard InChI is InChI=1S/C29H24BrN5O7S2/c1-5-42-27(38)24-15(3)32-29-34(25(24)19-13-17(30)6-8-20(19)41-4)26(37)22(44-29)12-16-11-18(35(39)40)7-9-21(16)43-28-31-14(2)10-23(36)33-28/h6-13,25H,5H2,1-4H3,(H,31,33,36)/b22-12-/t25-/m1/s1. The summed E-state index contributed by atoms with van der Waals surface area (Å²) < 4.78 is 13.3. The number of non-ortho nitro benzene ring substituents is 1. The van der Waals surface area contributed by atoms with E-state index in [-0.39, 0.29) is 33.1 Å². The molecule has 1 aliphatic heterocycles. The third-order valence-electron chi connectivity index (χ3n) is 6.55. The smallest absolute Gasteiger partial charge is 0.338 e. The molecule has 0 fully saturated rings. The average molecular weight is 699 g/mol. The van der Waals surface area contributed by atoms with Gasteiger partial charge in [0.25, 0.3) is 16.8 Å². The number of hydrogen-bond donors (Lipinski definition) is 1. The Balaban J connectivity index is 1.75. The van der Waals surface area contributed by atoms with E-state index in [9.17, 15) is 24.5 Å². The van der Waals surface area contributed by atoms with Crippen molar-refractivity contribution in [3.8, 4) is 5.75 Å². The van der Waals surface area contributed by atoms with Crippen molar-refractivity contribution in [1.29, 1.82) is 0 Å². The normalized spacial score (nSPS) is 14.7. The summed E-state index contributed by atoms with van der Waals surface area (Å²) in [6.07, 6.45) is 1.53. The Morgan fingerprint density at radius 1 is 1.23 bits per heavy atom. The summed E-state index contributed by atoms with van der Waals surface area (Å²) in [7, 11) is 1.49. The molecule has 5 rings (SSSR count). The van der Waals surface area contributed by atoms with Gasteiger partial charge in [-0.05, 0) is 56.7 Å². The lowest BCUT2D eigenvalue weighted by molar-refractivity contribution is -0.384. The second kappa shape index (κ2) is 12.7. The molecule has 0 spiro atoms. The minimum atomic E-state index is -0.930. The minimum absolute atomic E-state index is 0.122. The van der Waals surface area contributed by atoms with Gasteiger partial charge < -0.3 is 14.5 Å². The first-order chi connectivity index (χ1) is 21.0. The molecule has 0 aliphatic carbocycles. The molecule has 0 radical (unpaired) electrons. The lowest BCUT2D eigenvalue weighted by Gasteiger charge is -2.26. The van der Waals surface area contributed by atoms with Gasteiger partial charge in [-0.2, -0.15) is 0 Å². The number of fused-ring (bicyclic) bond motifs is 1. The van der Waals surface area contributed by atoms with E-state index in [0.29, 0.717) is 42.4 Å². The number of H-pyrrole nitrogens is 1. The Morgan fingerprint density at radius 3 is 2.68 bits per heavy atom. The van der Waals surface area contributed by atoms with Gasteiger partial charge in [-0.25, -0.2) is 14.8 Å². The Kier molecular flexibility index (Phi) is 8.99. The van der Waals surface area contributed by atoms with Crippen molar-refractivity contribution < 1.29 is 19.2 Å². The number of halogens is 1. The number of nitro benzene ring substituents is 1. The number of esters is 1. The molecule has 0 amide bonds. The Bertz CT molecular complexity index is 2100. The van der Waals surface area contributed by atoms with E-state index < -0.39 is 22.5 Å². The first-order valence-corrected chi connectivity index (χ1v) is 15.5. The second-order valence-electron chi connectivity index (χ2n) is 9.46. The highest BCUT2D eigenvalue weighted by atomic mass is 79.9. The number of aromatic nitrogens is 3. The molecule has 4 aromatic rings. The summed E-state index contributed by atoms with van der Waals surface area (Å²) >= 11 is 5.65. The topological polar surface area (TPSA) is 159 Å². The zero-order valence-corrected chi connectivity index (χ0v) is 27.0. The van der Waals surface area contributed by atoms with Gasteiger partial charge >= 0.3 is 5.97 Å². The zero-order valence-electron chi connectivity index (χ0n) is 23.7. The molecule has 2 aromatic heterocycles. The fourth-order valence-corrected chi connectivity index (χ4v) is 7.04. The van der Waals surface area contributed by atoms with Crippen molar-refractivity contribution in [3.63, 3.8) is 0 Å². The number of nitrogens with one attached hydrogen (secondary N) is 1. The quantitative estimate of drug-likeness (QED) is 0.124. The third-order valence-corrected chi connectivity index (χ3v) is 9.00. The largest absolute Gasteiger partial charge is 0.496 e. The second-order valence-corrected chi connectivity index (χ2v) is 12.4. The lowest BCUT2D eigenvalue weighted by Crippen LogP contribution is -2.40. The number of allylic oxidation sites excluding steroid dienone is 1. The molecule has 0 saturated carbocycles. The summed E-state index contributed by atoms with van der Waals surface area (Å²) in [6.45, 7) is 5.16. The van der Waals surface area contributed by atoms with Crippen molar-refractivity contribution in [3.05, 3.63) is 115 Å². The number of benzene rings is 2. The van der Waals surface area contributed by atoms with E-state index >= 15 is 0 Å². The number of thiazole rings is 1. The van der Waals surface area contributed by atoms with Gasteiger partial charge in [0.15, 0.2) is 9.96 Å². The molecule has 44 heavy (non-hydrogen) atoms. The first-order valence-electron chi connectivity index (χ1n) is 13.1. The van der Waals surface area contributed by atoms with E-state index in [1.54, 1.807) is 39.0 Å². The summed E-state index contributed by atoms with van der Waals surface area (Å²) in [6, 6.07) is 9.91. The Labute approximate surface area is 266 Å². The van der Waals surface area contributed by atoms with Crippen molar-refractivity contribution in [2.45, 2.75) is 36.9 Å². The molecule has 15 heteroatoms. The number of ether oxygens (including phenoxy) is 2. The van der Waals surface area contributed by atoms with E-state index in [2.05, 4.69) is 30.9 Å². The number of rotatable bonds is 8. The Hall–Kier alpha value is -4.34. The molecule has 0 unspecified atom stereocenters. The number of hydrogen-bond acceptors (Lipinski definition) is 11. The molecular weight excluding hydrogens is 674 g/mol. The molecule has 1 atom stereocenters. The van der Waals surface area contributed by atoms with Crippen LogP contribution in [0.15, 0.2) is 82.8 Å².